The van der Waals surface area contributed by atoms with Crippen molar-refractivity contribution in [1.29, 1.82) is 0 Å². The van der Waals surface area contributed by atoms with Gasteiger partial charge in [0.1, 0.15) is 0 Å². The number of nitrogens with two attached hydrogens (primary N) is 1. The fourth-order valence-corrected chi connectivity index (χ4v) is 2.34. The molecule has 0 aliphatic rings. The normalized spacial score (nSPS) is 12.4. The summed E-state index contributed by atoms with van der Waals surface area (Å²) < 4.78 is 0. The molecule has 3 heteroatoms. The zero-order chi connectivity index (χ0) is 13.7. The molecule has 3 N–H and O–H groups in total. The molecule has 2 aromatic carbocycles. The van der Waals surface area contributed by atoms with Crippen LogP contribution in [0.2, 0.25) is 5.02 Å². The zero-order valence-corrected chi connectivity index (χ0v) is 11.8. The van der Waals surface area contributed by atoms with Crippen LogP contribution in [0.25, 0.3) is 0 Å². The van der Waals surface area contributed by atoms with Crippen molar-refractivity contribution in [2.75, 3.05) is 0 Å². The molecule has 0 saturated heterocycles. The van der Waals surface area contributed by atoms with Crippen LogP contribution in [0.4, 0.5) is 0 Å². The molecular weight excluding hydrogens is 256 g/mol. The quantitative estimate of drug-likeness (QED) is 0.649. The standard InChI is InChI=1S/C16H19ClN2/c1-12-6-8-13(9-7-12)10-15(19-18)11-14-4-2-3-5-16(14)17/h2-9,15,19H,10-11,18H2,1H3. The molecule has 2 rings (SSSR count). The summed E-state index contributed by atoms with van der Waals surface area (Å²) in [5.74, 6) is 5.66. The van der Waals surface area contributed by atoms with Crippen molar-refractivity contribution in [2.24, 2.45) is 5.84 Å². The largest absolute Gasteiger partial charge is 0.271 e. The highest BCUT2D eigenvalue weighted by atomic mass is 35.5. The highest BCUT2D eigenvalue weighted by Gasteiger charge is 2.10. The molecule has 0 aromatic heterocycles. The van der Waals surface area contributed by atoms with Gasteiger partial charge in [0.15, 0.2) is 0 Å². The van der Waals surface area contributed by atoms with Gasteiger partial charge in [0, 0.05) is 11.1 Å². The van der Waals surface area contributed by atoms with E-state index in [4.69, 9.17) is 17.4 Å². The molecule has 0 spiro atoms. The van der Waals surface area contributed by atoms with Gasteiger partial charge in [-0.05, 0) is 37.0 Å². The Morgan fingerprint density at radius 2 is 1.74 bits per heavy atom. The van der Waals surface area contributed by atoms with Gasteiger partial charge >= 0.3 is 0 Å². The molecule has 0 heterocycles. The van der Waals surface area contributed by atoms with Crippen molar-refractivity contribution in [1.82, 2.24) is 5.43 Å². The Kier molecular flexibility index (Phi) is 4.97. The third-order valence-corrected chi connectivity index (χ3v) is 3.63. The zero-order valence-electron chi connectivity index (χ0n) is 11.1. The fraction of sp³-hybridized carbons (Fsp3) is 0.250. The highest BCUT2D eigenvalue weighted by Crippen LogP contribution is 2.18. The molecule has 2 aromatic rings. The van der Waals surface area contributed by atoms with Crippen molar-refractivity contribution in [3.8, 4) is 0 Å². The van der Waals surface area contributed by atoms with E-state index in [1.165, 1.54) is 11.1 Å². The third kappa shape index (κ3) is 4.06. The lowest BCUT2D eigenvalue weighted by atomic mass is 9.99. The van der Waals surface area contributed by atoms with Crippen molar-refractivity contribution in [2.45, 2.75) is 25.8 Å². The van der Waals surface area contributed by atoms with Crippen molar-refractivity contribution < 1.29 is 0 Å². The van der Waals surface area contributed by atoms with E-state index in [0.717, 1.165) is 23.4 Å². The highest BCUT2D eigenvalue weighted by molar-refractivity contribution is 6.31. The maximum absolute atomic E-state index is 6.18. The van der Waals surface area contributed by atoms with Gasteiger partial charge in [-0.15, -0.1) is 0 Å². The van der Waals surface area contributed by atoms with Crippen LogP contribution in [-0.4, -0.2) is 6.04 Å². The van der Waals surface area contributed by atoms with Gasteiger partial charge in [0.25, 0.3) is 0 Å². The average Bonchev–Trinajstić information content (AvgIpc) is 2.43. The molecule has 0 amide bonds. The van der Waals surface area contributed by atoms with E-state index in [1.807, 2.05) is 24.3 Å². The van der Waals surface area contributed by atoms with Crippen LogP contribution in [0, 0.1) is 6.92 Å². The van der Waals surface area contributed by atoms with Gasteiger partial charge in [-0.3, -0.25) is 11.3 Å². The Morgan fingerprint density at radius 3 is 2.37 bits per heavy atom. The number of nitrogens with one attached hydrogen (secondary N) is 1. The van der Waals surface area contributed by atoms with Crippen molar-refractivity contribution in [3.05, 3.63) is 70.2 Å². The number of benzene rings is 2. The molecule has 19 heavy (non-hydrogen) atoms. The first kappa shape index (κ1) is 14.1. The molecule has 1 atom stereocenters. The maximum atomic E-state index is 6.18. The second-order valence-electron chi connectivity index (χ2n) is 4.85. The average molecular weight is 275 g/mol. The maximum Gasteiger partial charge on any atom is 0.0438 e. The summed E-state index contributed by atoms with van der Waals surface area (Å²) in [6.07, 6.45) is 1.71. The number of hydrazine groups is 1. The van der Waals surface area contributed by atoms with E-state index in [9.17, 15) is 0 Å². The van der Waals surface area contributed by atoms with E-state index in [1.54, 1.807) is 0 Å². The van der Waals surface area contributed by atoms with Crippen LogP contribution in [0.15, 0.2) is 48.5 Å². The lowest BCUT2D eigenvalue weighted by Gasteiger charge is -2.17. The summed E-state index contributed by atoms with van der Waals surface area (Å²) in [6, 6.07) is 16.6. The molecule has 0 bridgehead atoms. The Hall–Kier alpha value is -1.35. The first-order valence-electron chi connectivity index (χ1n) is 6.44. The summed E-state index contributed by atoms with van der Waals surface area (Å²) in [4.78, 5) is 0. The van der Waals surface area contributed by atoms with E-state index < -0.39 is 0 Å². The molecule has 1 unspecified atom stereocenters. The summed E-state index contributed by atoms with van der Waals surface area (Å²) in [5.41, 5.74) is 6.56. The number of rotatable bonds is 5. The van der Waals surface area contributed by atoms with Crippen molar-refractivity contribution in [3.63, 3.8) is 0 Å². The van der Waals surface area contributed by atoms with Crippen molar-refractivity contribution >= 4 is 11.6 Å². The molecule has 0 saturated carbocycles. The van der Waals surface area contributed by atoms with E-state index in [-0.39, 0.29) is 6.04 Å². The Bertz CT molecular complexity index is 523. The van der Waals surface area contributed by atoms with Gasteiger partial charge in [0.05, 0.1) is 0 Å². The van der Waals surface area contributed by atoms with Gasteiger partial charge in [-0.2, -0.15) is 0 Å². The number of hydrogen-bond donors (Lipinski definition) is 2. The lowest BCUT2D eigenvalue weighted by Crippen LogP contribution is -2.38. The first-order chi connectivity index (χ1) is 9.19. The van der Waals surface area contributed by atoms with Crippen LogP contribution in [0.1, 0.15) is 16.7 Å². The Labute approximate surface area is 119 Å². The minimum atomic E-state index is 0.183. The molecule has 0 aliphatic heterocycles. The van der Waals surface area contributed by atoms with Crippen LogP contribution in [-0.2, 0) is 12.8 Å². The Morgan fingerprint density at radius 1 is 1.05 bits per heavy atom. The summed E-state index contributed by atoms with van der Waals surface area (Å²) in [6.45, 7) is 2.09. The summed E-state index contributed by atoms with van der Waals surface area (Å²) in [5, 5.41) is 0.798. The third-order valence-electron chi connectivity index (χ3n) is 3.26. The van der Waals surface area contributed by atoms with Crippen LogP contribution in [0.3, 0.4) is 0 Å². The lowest BCUT2D eigenvalue weighted by molar-refractivity contribution is 0.522. The molecule has 0 radical (unpaired) electrons. The fourth-order valence-electron chi connectivity index (χ4n) is 2.13. The molecule has 0 aliphatic carbocycles. The van der Waals surface area contributed by atoms with Crippen LogP contribution < -0.4 is 11.3 Å². The molecule has 0 fully saturated rings. The van der Waals surface area contributed by atoms with Gasteiger partial charge in [0.2, 0.25) is 0 Å². The van der Waals surface area contributed by atoms with Gasteiger partial charge in [-0.25, -0.2) is 0 Å². The number of hydrogen-bond acceptors (Lipinski definition) is 2. The summed E-state index contributed by atoms with van der Waals surface area (Å²) in [7, 11) is 0. The van der Waals surface area contributed by atoms with Gasteiger partial charge in [-0.1, -0.05) is 59.6 Å². The first-order valence-corrected chi connectivity index (χ1v) is 6.82. The smallest absolute Gasteiger partial charge is 0.0438 e. The molecule has 2 nitrogen and oxygen atoms in total. The Balaban J connectivity index is 2.05. The van der Waals surface area contributed by atoms with E-state index in [0.29, 0.717) is 0 Å². The molecular formula is C16H19ClN2. The minimum absolute atomic E-state index is 0.183. The topological polar surface area (TPSA) is 38.0 Å². The van der Waals surface area contributed by atoms with E-state index in [2.05, 4.69) is 36.6 Å². The SMILES string of the molecule is Cc1ccc(CC(Cc2ccccc2Cl)NN)cc1. The van der Waals surface area contributed by atoms with Gasteiger partial charge < -0.3 is 0 Å². The second-order valence-corrected chi connectivity index (χ2v) is 5.26. The van der Waals surface area contributed by atoms with E-state index >= 15 is 0 Å². The number of halogens is 1. The van der Waals surface area contributed by atoms with Crippen LogP contribution >= 0.6 is 11.6 Å². The minimum Gasteiger partial charge on any atom is -0.271 e. The van der Waals surface area contributed by atoms with Crippen LogP contribution in [0.5, 0.6) is 0 Å². The molecule has 100 valence electrons. The monoisotopic (exact) mass is 274 g/mol. The second kappa shape index (κ2) is 6.71. The predicted octanol–water partition coefficient (Wildman–Crippen LogP) is 3.27. The summed E-state index contributed by atoms with van der Waals surface area (Å²) >= 11 is 6.18. The predicted molar refractivity (Wildman–Crippen MR) is 81.2 cm³/mol. The number of aryl methyl sites for hydroxylation is 1.